The smallest absolute Gasteiger partial charge is 0.306 e. The zero-order valence-electron chi connectivity index (χ0n) is 13.9. The van der Waals surface area contributed by atoms with Gasteiger partial charge in [-0.1, -0.05) is 6.07 Å². The Morgan fingerprint density at radius 3 is 2.68 bits per heavy atom. The van der Waals surface area contributed by atoms with E-state index in [0.29, 0.717) is 43.5 Å². The van der Waals surface area contributed by atoms with Gasteiger partial charge in [0, 0.05) is 23.9 Å². The molecule has 3 unspecified atom stereocenters. The van der Waals surface area contributed by atoms with Crippen LogP contribution in [0.25, 0.3) is 0 Å². The molecular formula is C18H22N2O5. The summed E-state index contributed by atoms with van der Waals surface area (Å²) < 4.78 is 5.34. The van der Waals surface area contributed by atoms with E-state index in [1.807, 2.05) is 0 Å². The van der Waals surface area contributed by atoms with E-state index in [4.69, 9.17) is 9.84 Å². The van der Waals surface area contributed by atoms with E-state index in [9.17, 15) is 14.4 Å². The third-order valence-electron chi connectivity index (χ3n) is 4.73. The molecule has 1 aliphatic carbocycles. The highest BCUT2D eigenvalue weighted by atomic mass is 16.5. The molecule has 3 atom stereocenters. The summed E-state index contributed by atoms with van der Waals surface area (Å²) in [5.74, 6) is -1.66. The van der Waals surface area contributed by atoms with E-state index in [1.165, 1.54) is 0 Å². The fourth-order valence-electron chi connectivity index (χ4n) is 3.35. The molecule has 2 amide bonds. The van der Waals surface area contributed by atoms with Crippen molar-refractivity contribution in [3.05, 3.63) is 29.8 Å². The van der Waals surface area contributed by atoms with Crippen molar-refractivity contribution >= 4 is 23.5 Å². The van der Waals surface area contributed by atoms with Gasteiger partial charge in [-0.3, -0.25) is 14.4 Å². The van der Waals surface area contributed by atoms with Gasteiger partial charge in [-0.2, -0.15) is 0 Å². The average molecular weight is 346 g/mol. The van der Waals surface area contributed by atoms with Gasteiger partial charge >= 0.3 is 5.97 Å². The Morgan fingerprint density at radius 2 is 2.00 bits per heavy atom. The molecule has 3 rings (SSSR count). The van der Waals surface area contributed by atoms with Crippen molar-refractivity contribution in [1.82, 2.24) is 5.32 Å². The molecule has 2 fully saturated rings. The quantitative estimate of drug-likeness (QED) is 0.754. The lowest BCUT2D eigenvalue weighted by molar-refractivity contribution is -0.141. The van der Waals surface area contributed by atoms with Gasteiger partial charge in [0.1, 0.15) is 6.10 Å². The molecule has 1 aromatic carbocycles. The van der Waals surface area contributed by atoms with E-state index in [0.717, 1.165) is 6.42 Å². The van der Waals surface area contributed by atoms with Crippen LogP contribution in [-0.4, -0.2) is 41.6 Å². The Kier molecular flexibility index (Phi) is 5.33. The molecule has 3 N–H and O–H groups in total. The minimum Gasteiger partial charge on any atom is -0.481 e. The summed E-state index contributed by atoms with van der Waals surface area (Å²) in [5, 5.41) is 14.7. The highest BCUT2D eigenvalue weighted by Crippen LogP contribution is 2.26. The van der Waals surface area contributed by atoms with Crippen LogP contribution in [0.4, 0.5) is 5.69 Å². The number of carbonyl (C=O) groups excluding carboxylic acids is 2. The van der Waals surface area contributed by atoms with Gasteiger partial charge in [-0.05, 0) is 50.3 Å². The summed E-state index contributed by atoms with van der Waals surface area (Å²) in [5.41, 5.74) is 0.979. The van der Waals surface area contributed by atoms with Gasteiger partial charge < -0.3 is 20.5 Å². The third-order valence-corrected chi connectivity index (χ3v) is 4.73. The highest BCUT2D eigenvalue weighted by molar-refractivity contribution is 5.98. The average Bonchev–Trinajstić information content (AvgIpc) is 3.27. The second kappa shape index (κ2) is 7.65. The maximum absolute atomic E-state index is 12.4. The molecule has 25 heavy (non-hydrogen) atoms. The second-order valence-corrected chi connectivity index (χ2v) is 6.59. The van der Waals surface area contributed by atoms with Crippen LogP contribution in [0, 0.1) is 5.92 Å². The minimum absolute atomic E-state index is 0.126. The summed E-state index contributed by atoms with van der Waals surface area (Å²) in [4.78, 5) is 35.5. The molecule has 2 aliphatic rings. The lowest BCUT2D eigenvalue weighted by atomic mass is 10.1. The maximum atomic E-state index is 12.4. The molecule has 0 bridgehead atoms. The van der Waals surface area contributed by atoms with Crippen LogP contribution in [0.15, 0.2) is 24.3 Å². The van der Waals surface area contributed by atoms with Crippen molar-refractivity contribution in [3.8, 4) is 0 Å². The SMILES string of the molecule is O=C(NC1CCC(C(=O)O)C1)c1cccc(NC(=O)C2CCCO2)c1. The fourth-order valence-corrected chi connectivity index (χ4v) is 3.35. The summed E-state index contributed by atoms with van der Waals surface area (Å²) >= 11 is 0. The van der Waals surface area contributed by atoms with E-state index < -0.39 is 12.1 Å². The number of rotatable bonds is 5. The number of hydrogen-bond donors (Lipinski definition) is 3. The van der Waals surface area contributed by atoms with Crippen molar-refractivity contribution in [2.24, 2.45) is 5.92 Å². The van der Waals surface area contributed by atoms with Crippen molar-refractivity contribution in [1.29, 1.82) is 0 Å². The van der Waals surface area contributed by atoms with Crippen LogP contribution in [0.2, 0.25) is 0 Å². The number of ether oxygens (including phenoxy) is 1. The molecule has 134 valence electrons. The number of carbonyl (C=O) groups is 3. The minimum atomic E-state index is -0.810. The monoisotopic (exact) mass is 346 g/mol. The summed E-state index contributed by atoms with van der Waals surface area (Å²) in [6.07, 6.45) is 2.85. The Labute approximate surface area is 145 Å². The lowest BCUT2D eigenvalue weighted by Gasteiger charge is -2.14. The standard InChI is InChI=1S/C18H22N2O5/c21-16(19-14-7-6-12(10-14)18(23)24)11-3-1-4-13(9-11)20-17(22)15-5-2-8-25-15/h1,3-4,9,12,14-15H,2,5-8,10H2,(H,19,21)(H,20,22)(H,23,24). The van der Waals surface area contributed by atoms with Crippen molar-refractivity contribution < 1.29 is 24.2 Å². The first-order valence-corrected chi connectivity index (χ1v) is 8.59. The topological polar surface area (TPSA) is 105 Å². The van der Waals surface area contributed by atoms with Crippen molar-refractivity contribution in [3.63, 3.8) is 0 Å². The largest absolute Gasteiger partial charge is 0.481 e. The number of nitrogens with one attached hydrogen (secondary N) is 2. The van der Waals surface area contributed by atoms with E-state index in [2.05, 4.69) is 10.6 Å². The van der Waals surface area contributed by atoms with Crippen LogP contribution in [-0.2, 0) is 14.3 Å². The van der Waals surface area contributed by atoms with Crippen molar-refractivity contribution in [2.75, 3.05) is 11.9 Å². The third kappa shape index (κ3) is 4.36. The number of hydrogen-bond acceptors (Lipinski definition) is 4. The molecule has 1 saturated carbocycles. The molecule has 7 nitrogen and oxygen atoms in total. The van der Waals surface area contributed by atoms with Gasteiger partial charge in [0.25, 0.3) is 11.8 Å². The summed E-state index contributed by atoms with van der Waals surface area (Å²) in [6, 6.07) is 6.58. The Bertz CT molecular complexity index is 669. The Morgan fingerprint density at radius 1 is 1.16 bits per heavy atom. The van der Waals surface area contributed by atoms with Crippen LogP contribution >= 0.6 is 0 Å². The zero-order chi connectivity index (χ0) is 17.8. The first-order valence-electron chi connectivity index (χ1n) is 8.59. The second-order valence-electron chi connectivity index (χ2n) is 6.59. The van der Waals surface area contributed by atoms with Crippen molar-refractivity contribution in [2.45, 2.75) is 44.2 Å². The molecule has 1 aliphatic heterocycles. The molecule has 0 radical (unpaired) electrons. The fraction of sp³-hybridized carbons (Fsp3) is 0.500. The summed E-state index contributed by atoms with van der Waals surface area (Å²) in [6.45, 7) is 0.596. The highest BCUT2D eigenvalue weighted by Gasteiger charge is 2.30. The molecule has 1 saturated heterocycles. The summed E-state index contributed by atoms with van der Waals surface area (Å²) in [7, 11) is 0. The molecule has 7 heteroatoms. The van der Waals surface area contributed by atoms with Gasteiger partial charge in [0.15, 0.2) is 0 Å². The molecule has 1 heterocycles. The number of carboxylic acid groups (broad SMARTS) is 1. The predicted octanol–water partition coefficient (Wildman–Crippen LogP) is 1.79. The number of amides is 2. The Hall–Kier alpha value is -2.41. The lowest BCUT2D eigenvalue weighted by Crippen LogP contribution is -2.33. The molecule has 1 aromatic rings. The number of carboxylic acids is 1. The van der Waals surface area contributed by atoms with Crippen LogP contribution < -0.4 is 10.6 Å². The van der Waals surface area contributed by atoms with Crippen LogP contribution in [0.3, 0.4) is 0 Å². The predicted molar refractivity (Wildman–Crippen MR) is 90.3 cm³/mol. The van der Waals surface area contributed by atoms with Gasteiger partial charge in [-0.25, -0.2) is 0 Å². The van der Waals surface area contributed by atoms with E-state index >= 15 is 0 Å². The van der Waals surface area contributed by atoms with Gasteiger partial charge in [0.2, 0.25) is 0 Å². The normalized spacial score (nSPS) is 25.5. The first-order chi connectivity index (χ1) is 12.0. The molecule has 0 spiro atoms. The number of benzene rings is 1. The van der Waals surface area contributed by atoms with Gasteiger partial charge in [0.05, 0.1) is 5.92 Å². The number of aliphatic carboxylic acids is 1. The first kappa shape index (κ1) is 17.4. The maximum Gasteiger partial charge on any atom is 0.306 e. The van der Waals surface area contributed by atoms with E-state index in [-0.39, 0.29) is 23.8 Å². The molecule has 0 aromatic heterocycles. The van der Waals surface area contributed by atoms with Crippen LogP contribution in [0.5, 0.6) is 0 Å². The van der Waals surface area contributed by atoms with Gasteiger partial charge in [-0.15, -0.1) is 0 Å². The number of anilines is 1. The van der Waals surface area contributed by atoms with E-state index in [1.54, 1.807) is 24.3 Å². The zero-order valence-corrected chi connectivity index (χ0v) is 13.9. The Balaban J connectivity index is 1.58. The van der Waals surface area contributed by atoms with Crippen LogP contribution in [0.1, 0.15) is 42.5 Å². The molecular weight excluding hydrogens is 324 g/mol.